The van der Waals surface area contributed by atoms with Crippen molar-refractivity contribution in [2.75, 3.05) is 38.8 Å². The molecular weight excluding hydrogens is 188 g/mol. The van der Waals surface area contributed by atoms with Crippen molar-refractivity contribution in [2.24, 2.45) is 0 Å². The molecule has 1 heterocycles. The van der Waals surface area contributed by atoms with Gasteiger partial charge in [-0.05, 0) is 12.8 Å². The van der Waals surface area contributed by atoms with E-state index in [1.807, 2.05) is 0 Å². The summed E-state index contributed by atoms with van der Waals surface area (Å²) >= 11 is 4.03. The van der Waals surface area contributed by atoms with Crippen molar-refractivity contribution < 1.29 is 14.2 Å². The highest BCUT2D eigenvalue weighted by Crippen LogP contribution is 2.11. The van der Waals surface area contributed by atoms with Gasteiger partial charge in [0.25, 0.3) is 0 Å². The third-order valence-corrected chi connectivity index (χ3v) is 2.12. The van der Waals surface area contributed by atoms with E-state index in [4.69, 9.17) is 14.2 Å². The average molecular weight is 206 g/mol. The van der Waals surface area contributed by atoms with Crippen LogP contribution in [-0.4, -0.2) is 44.9 Å². The highest BCUT2D eigenvalue weighted by molar-refractivity contribution is 7.80. The highest BCUT2D eigenvalue weighted by Gasteiger charge is 2.14. The molecule has 78 valence electrons. The van der Waals surface area contributed by atoms with E-state index in [-0.39, 0.29) is 0 Å². The van der Waals surface area contributed by atoms with Crippen LogP contribution < -0.4 is 0 Å². The van der Waals surface area contributed by atoms with Crippen molar-refractivity contribution in [3.8, 4) is 0 Å². The van der Waals surface area contributed by atoms with Crippen molar-refractivity contribution >= 4 is 12.6 Å². The largest absolute Gasteiger partial charge is 0.378 e. The Balaban J connectivity index is 1.78. The molecule has 13 heavy (non-hydrogen) atoms. The van der Waals surface area contributed by atoms with Gasteiger partial charge in [-0.1, -0.05) is 0 Å². The predicted octanol–water partition coefficient (Wildman–Crippen LogP) is 1.13. The van der Waals surface area contributed by atoms with Crippen LogP contribution in [0.5, 0.6) is 0 Å². The number of rotatable bonds is 7. The maximum atomic E-state index is 5.40. The molecule has 1 aliphatic heterocycles. The lowest BCUT2D eigenvalue weighted by Gasteiger charge is -2.09. The topological polar surface area (TPSA) is 27.7 Å². The molecule has 0 amide bonds. The van der Waals surface area contributed by atoms with Crippen LogP contribution >= 0.6 is 12.6 Å². The Bertz CT molecular complexity index is 115. The molecule has 4 heteroatoms. The monoisotopic (exact) mass is 206 g/mol. The minimum Gasteiger partial charge on any atom is -0.378 e. The Morgan fingerprint density at radius 1 is 1.23 bits per heavy atom. The van der Waals surface area contributed by atoms with Gasteiger partial charge in [0.05, 0.1) is 32.5 Å². The smallest absolute Gasteiger partial charge is 0.0809 e. The molecule has 0 aromatic carbocycles. The van der Waals surface area contributed by atoms with E-state index in [0.29, 0.717) is 32.5 Å². The summed E-state index contributed by atoms with van der Waals surface area (Å²) in [5, 5.41) is 0. The SMILES string of the molecule is SCCOCCOCC1CCCO1. The normalized spacial score (nSPS) is 22.4. The van der Waals surface area contributed by atoms with Crippen LogP contribution in [0.2, 0.25) is 0 Å². The standard InChI is InChI=1S/C9H18O3S/c13-7-6-10-4-5-11-8-9-2-1-3-12-9/h9,13H,1-8H2. The van der Waals surface area contributed by atoms with Crippen LogP contribution in [0.4, 0.5) is 0 Å². The second kappa shape index (κ2) is 7.62. The van der Waals surface area contributed by atoms with Crippen LogP contribution in [0.25, 0.3) is 0 Å². The van der Waals surface area contributed by atoms with Crippen LogP contribution in [0, 0.1) is 0 Å². The Hall–Kier alpha value is 0.230. The first kappa shape index (κ1) is 11.3. The molecule has 1 unspecified atom stereocenters. The molecule has 3 nitrogen and oxygen atoms in total. The van der Waals surface area contributed by atoms with E-state index in [9.17, 15) is 0 Å². The van der Waals surface area contributed by atoms with E-state index in [1.54, 1.807) is 0 Å². The van der Waals surface area contributed by atoms with Gasteiger partial charge < -0.3 is 14.2 Å². The molecule has 0 aromatic heterocycles. The Morgan fingerprint density at radius 3 is 2.77 bits per heavy atom. The van der Waals surface area contributed by atoms with Gasteiger partial charge in [-0.15, -0.1) is 0 Å². The van der Waals surface area contributed by atoms with Gasteiger partial charge in [0.1, 0.15) is 0 Å². The number of ether oxygens (including phenoxy) is 3. The van der Waals surface area contributed by atoms with E-state index in [2.05, 4.69) is 12.6 Å². The number of thiol groups is 1. The van der Waals surface area contributed by atoms with Crippen molar-refractivity contribution in [3.63, 3.8) is 0 Å². The lowest BCUT2D eigenvalue weighted by atomic mass is 10.2. The van der Waals surface area contributed by atoms with Gasteiger partial charge in [0, 0.05) is 12.4 Å². The molecule has 0 aromatic rings. The zero-order chi connectivity index (χ0) is 9.36. The zero-order valence-electron chi connectivity index (χ0n) is 7.91. The molecule has 1 saturated heterocycles. The summed E-state index contributed by atoms with van der Waals surface area (Å²) in [5.74, 6) is 0.770. The lowest BCUT2D eigenvalue weighted by Crippen LogP contribution is -2.16. The maximum Gasteiger partial charge on any atom is 0.0809 e. The van der Waals surface area contributed by atoms with Gasteiger partial charge in [0.2, 0.25) is 0 Å². The Labute approximate surface area is 85.1 Å². The first-order valence-electron chi connectivity index (χ1n) is 4.81. The minimum atomic E-state index is 0.324. The zero-order valence-corrected chi connectivity index (χ0v) is 8.80. The fourth-order valence-corrected chi connectivity index (χ4v) is 1.40. The first-order chi connectivity index (χ1) is 6.43. The fourth-order valence-electron chi connectivity index (χ4n) is 1.28. The van der Waals surface area contributed by atoms with Gasteiger partial charge >= 0.3 is 0 Å². The average Bonchev–Trinajstić information content (AvgIpc) is 2.63. The molecule has 0 bridgehead atoms. The van der Waals surface area contributed by atoms with Crippen molar-refractivity contribution in [1.82, 2.24) is 0 Å². The molecule has 0 radical (unpaired) electrons. The molecule has 1 aliphatic rings. The highest BCUT2D eigenvalue weighted by atomic mass is 32.1. The van der Waals surface area contributed by atoms with E-state index in [0.717, 1.165) is 18.8 Å². The molecule has 0 N–H and O–H groups in total. The minimum absolute atomic E-state index is 0.324. The third-order valence-electron chi connectivity index (χ3n) is 1.94. The summed E-state index contributed by atoms with van der Waals surface area (Å²) < 4.78 is 16.0. The summed E-state index contributed by atoms with van der Waals surface area (Å²) in [6.45, 7) is 3.63. The van der Waals surface area contributed by atoms with Crippen LogP contribution in [-0.2, 0) is 14.2 Å². The molecule has 0 spiro atoms. The van der Waals surface area contributed by atoms with Gasteiger partial charge in [0.15, 0.2) is 0 Å². The van der Waals surface area contributed by atoms with Crippen LogP contribution in [0.3, 0.4) is 0 Å². The summed E-state index contributed by atoms with van der Waals surface area (Å²) in [6.07, 6.45) is 2.63. The lowest BCUT2D eigenvalue weighted by molar-refractivity contribution is -0.00495. The van der Waals surface area contributed by atoms with Gasteiger partial charge in [-0.3, -0.25) is 0 Å². The molecular formula is C9H18O3S. The van der Waals surface area contributed by atoms with Gasteiger partial charge in [-0.25, -0.2) is 0 Å². The summed E-state index contributed by atoms with van der Waals surface area (Å²) in [7, 11) is 0. The fraction of sp³-hybridized carbons (Fsp3) is 1.00. The van der Waals surface area contributed by atoms with Crippen molar-refractivity contribution in [3.05, 3.63) is 0 Å². The Morgan fingerprint density at radius 2 is 2.08 bits per heavy atom. The van der Waals surface area contributed by atoms with Crippen molar-refractivity contribution in [1.29, 1.82) is 0 Å². The Kier molecular flexibility index (Phi) is 6.62. The molecule has 0 aliphatic carbocycles. The van der Waals surface area contributed by atoms with Crippen LogP contribution in [0.1, 0.15) is 12.8 Å². The molecule has 1 fully saturated rings. The second-order valence-corrected chi connectivity index (χ2v) is 3.49. The van der Waals surface area contributed by atoms with E-state index >= 15 is 0 Å². The number of hydrogen-bond acceptors (Lipinski definition) is 4. The summed E-state index contributed by atoms with van der Waals surface area (Å²) in [6, 6.07) is 0. The summed E-state index contributed by atoms with van der Waals surface area (Å²) in [5.41, 5.74) is 0. The second-order valence-electron chi connectivity index (χ2n) is 3.05. The van der Waals surface area contributed by atoms with E-state index < -0.39 is 0 Å². The maximum absolute atomic E-state index is 5.40. The van der Waals surface area contributed by atoms with Crippen molar-refractivity contribution in [2.45, 2.75) is 18.9 Å². The molecule has 1 atom stereocenters. The van der Waals surface area contributed by atoms with E-state index in [1.165, 1.54) is 6.42 Å². The molecule has 0 saturated carbocycles. The first-order valence-corrected chi connectivity index (χ1v) is 5.44. The predicted molar refractivity (Wildman–Crippen MR) is 54.5 cm³/mol. The number of hydrogen-bond donors (Lipinski definition) is 1. The van der Waals surface area contributed by atoms with Crippen LogP contribution in [0.15, 0.2) is 0 Å². The van der Waals surface area contributed by atoms with Gasteiger partial charge in [-0.2, -0.15) is 12.6 Å². The third kappa shape index (κ3) is 5.52. The summed E-state index contributed by atoms with van der Waals surface area (Å²) in [4.78, 5) is 0. The molecule has 1 rings (SSSR count). The quantitative estimate of drug-likeness (QED) is 0.500.